The minimum Gasteiger partial charge on any atom is -0.369 e. The van der Waals surface area contributed by atoms with Gasteiger partial charge >= 0.3 is 0 Å². The first-order valence-electron chi connectivity index (χ1n) is 21.3. The largest absolute Gasteiger partial charge is 0.369 e. The fourth-order valence-corrected chi connectivity index (χ4v) is 8.34. The molecule has 356 valence electrons. The van der Waals surface area contributed by atoms with Gasteiger partial charge in [0, 0.05) is 98.5 Å². The second kappa shape index (κ2) is 19.7. The van der Waals surface area contributed by atoms with Gasteiger partial charge in [0.15, 0.2) is 11.4 Å². The molecule has 6 heterocycles. The summed E-state index contributed by atoms with van der Waals surface area (Å²) in [7, 11) is 6.96. The molecule has 4 aromatic heterocycles. The molecule has 10 rings (SSSR count). The first-order valence-corrected chi connectivity index (χ1v) is 22.1. The number of carbonyl (C=O) groups is 4. The van der Waals surface area contributed by atoms with Gasteiger partial charge in [-0.05, 0) is 71.8 Å². The number of primary amides is 2. The van der Waals surface area contributed by atoms with Gasteiger partial charge < -0.3 is 31.5 Å². The van der Waals surface area contributed by atoms with Gasteiger partial charge in [0.1, 0.15) is 0 Å². The van der Waals surface area contributed by atoms with Gasteiger partial charge in [0.2, 0.25) is 11.2 Å². The highest BCUT2D eigenvalue weighted by atomic mass is 79.9. The molecule has 4 aromatic carbocycles. The third-order valence-electron chi connectivity index (χ3n) is 11.7. The number of likely N-dealkylation sites (tertiary alicyclic amines) is 2. The van der Waals surface area contributed by atoms with Crippen molar-refractivity contribution in [3.05, 3.63) is 131 Å². The summed E-state index contributed by atoms with van der Waals surface area (Å²) in [5.74, 6) is 5.77. The molecule has 0 spiro atoms. The summed E-state index contributed by atoms with van der Waals surface area (Å²) in [5.41, 5.74) is 15.8. The molecule has 2 atom stereocenters. The molecular weight excluding hydrogens is 957 g/mol. The standard InChI is InChI=1S/C25H22N6O3.C18H14BrN5O.C7H9NO2.CH4/c1-29-11-10-25(34,24(29)33)9-8-16-4-3-5-19(12-16)31-21-7-6-17(18-14-27-30(2)15-18)13-20(21)22(28-31)23(26)32;1-23-10-12(9-21-23)11-5-6-16-15(7-11)17(18(20)25)22-24(16)14-4-2-3-13(19)8-14;1-3-7(10)4-5-8(2)6(7)9;/h3-7,12-15,34H,10-11H2,1-2H3,(H2,26,32);2-10H,1H3,(H2,20,25);1,10H,4-5H2,2H3;1H4/t25-;;7-;/m0.0./s1. The number of halogens is 1. The molecule has 0 bridgehead atoms. The maximum absolute atomic E-state index is 12.2. The second-order valence-corrected chi connectivity index (χ2v) is 17.5. The smallest absolute Gasteiger partial charge is 0.269 e. The zero-order valence-corrected chi connectivity index (χ0v) is 39.4. The van der Waals surface area contributed by atoms with Crippen LogP contribution in [0.2, 0.25) is 0 Å². The summed E-state index contributed by atoms with van der Waals surface area (Å²) >= 11 is 3.46. The van der Waals surface area contributed by atoms with E-state index in [1.165, 1.54) is 9.80 Å². The van der Waals surface area contributed by atoms with Crippen LogP contribution in [0.3, 0.4) is 0 Å². The first kappa shape index (κ1) is 49.5. The van der Waals surface area contributed by atoms with Crippen molar-refractivity contribution in [1.82, 2.24) is 48.9 Å². The third kappa shape index (κ3) is 9.80. The van der Waals surface area contributed by atoms with Crippen molar-refractivity contribution in [1.29, 1.82) is 0 Å². The van der Waals surface area contributed by atoms with E-state index in [0.717, 1.165) is 37.9 Å². The fourth-order valence-electron chi connectivity index (χ4n) is 7.95. The highest BCUT2D eigenvalue weighted by Crippen LogP contribution is 2.31. The SMILES string of the molecule is C.C#C[C@]1(O)CCN(C)C1=O.CN1CC[C@@](O)(C#Cc2cccc(-n3nc(C(N)=O)c4cc(-c5cnn(C)c5)ccc43)c2)C1=O.Cn1cc(-c2ccc3c(c2)c(C(N)=O)nn3-c2cccc(Br)c2)cn1. The summed E-state index contributed by atoms with van der Waals surface area (Å²) in [4.78, 5) is 50.1. The maximum atomic E-state index is 12.2. The minimum atomic E-state index is -1.68. The summed E-state index contributed by atoms with van der Waals surface area (Å²) in [6, 6.07) is 26.5. The lowest BCUT2D eigenvalue weighted by Crippen LogP contribution is -2.37. The van der Waals surface area contributed by atoms with E-state index in [4.69, 9.17) is 17.9 Å². The number of nitrogens with two attached hydrogens (primary N) is 2. The summed E-state index contributed by atoms with van der Waals surface area (Å²) in [6.45, 7) is 1.000. The van der Waals surface area contributed by atoms with Crippen LogP contribution in [0.1, 0.15) is 46.8 Å². The van der Waals surface area contributed by atoms with Gasteiger partial charge in [0.25, 0.3) is 23.6 Å². The molecule has 70 heavy (non-hydrogen) atoms. The van der Waals surface area contributed by atoms with Crippen LogP contribution in [0.25, 0.3) is 55.4 Å². The predicted molar refractivity (Wildman–Crippen MR) is 268 cm³/mol. The van der Waals surface area contributed by atoms with Crippen LogP contribution in [0.5, 0.6) is 0 Å². The third-order valence-corrected chi connectivity index (χ3v) is 12.2. The average molecular weight is 1010 g/mol. The van der Waals surface area contributed by atoms with Crippen LogP contribution >= 0.6 is 15.9 Å². The number of fused-ring (bicyclic) bond motifs is 2. The Bertz CT molecular complexity index is 3460. The number of carbonyl (C=O) groups excluding carboxylic acids is 4. The van der Waals surface area contributed by atoms with E-state index in [-0.39, 0.29) is 31.1 Å². The Balaban J connectivity index is 0.000000175. The van der Waals surface area contributed by atoms with Gasteiger partial charge in [-0.15, -0.1) is 6.42 Å². The van der Waals surface area contributed by atoms with E-state index in [2.05, 4.69) is 54.1 Å². The number of likely N-dealkylation sites (N-methyl/N-ethyl adjacent to an activating group) is 2. The highest BCUT2D eigenvalue weighted by molar-refractivity contribution is 9.10. The van der Waals surface area contributed by atoms with Crippen LogP contribution < -0.4 is 11.5 Å². The van der Waals surface area contributed by atoms with Crippen molar-refractivity contribution in [2.24, 2.45) is 25.6 Å². The number of nitrogens with zero attached hydrogens (tertiary/aromatic N) is 10. The molecular formula is C51H49BrN12O6. The molecule has 0 unspecified atom stereocenters. The lowest BCUT2D eigenvalue weighted by Gasteiger charge is -2.13. The fraction of sp³-hybridized carbons (Fsp3) is 0.216. The molecule has 2 saturated heterocycles. The van der Waals surface area contributed by atoms with Gasteiger partial charge in [-0.25, -0.2) is 9.36 Å². The quantitative estimate of drug-likeness (QED) is 0.169. The van der Waals surface area contributed by atoms with Gasteiger partial charge in [-0.3, -0.25) is 28.5 Å². The topological polar surface area (TPSA) is 239 Å². The number of amides is 4. The molecule has 2 fully saturated rings. The van der Waals surface area contributed by atoms with Crippen molar-refractivity contribution < 1.29 is 29.4 Å². The lowest BCUT2D eigenvalue weighted by molar-refractivity contribution is -0.138. The molecule has 8 aromatic rings. The molecule has 6 N–H and O–H groups in total. The van der Waals surface area contributed by atoms with Crippen LogP contribution in [0.15, 0.2) is 114 Å². The van der Waals surface area contributed by atoms with Crippen molar-refractivity contribution in [2.75, 3.05) is 27.2 Å². The number of hydrogen-bond donors (Lipinski definition) is 4. The van der Waals surface area contributed by atoms with E-state index in [1.807, 2.05) is 93.2 Å². The zero-order chi connectivity index (χ0) is 49.4. The second-order valence-electron chi connectivity index (χ2n) is 16.6. The molecule has 18 nitrogen and oxygen atoms in total. The number of rotatable bonds is 6. The van der Waals surface area contributed by atoms with Crippen molar-refractivity contribution >= 4 is 61.4 Å². The molecule has 2 aliphatic heterocycles. The number of aliphatic hydroxyl groups is 2. The number of aromatic nitrogens is 8. The number of benzene rings is 4. The Morgan fingerprint density at radius 2 is 1.14 bits per heavy atom. The van der Waals surface area contributed by atoms with E-state index in [9.17, 15) is 29.4 Å². The van der Waals surface area contributed by atoms with Crippen molar-refractivity contribution in [3.8, 4) is 57.8 Å². The Labute approximate surface area is 411 Å². The minimum absolute atomic E-state index is 0. The average Bonchev–Trinajstić information content (AvgIpc) is 4.21. The van der Waals surface area contributed by atoms with Crippen LogP contribution in [0.4, 0.5) is 0 Å². The maximum Gasteiger partial charge on any atom is 0.269 e. The van der Waals surface area contributed by atoms with Gasteiger partial charge in [0.05, 0.1) is 34.8 Å². The highest BCUT2D eigenvalue weighted by Gasteiger charge is 2.43. The van der Waals surface area contributed by atoms with Crippen LogP contribution in [-0.2, 0) is 23.7 Å². The van der Waals surface area contributed by atoms with E-state index in [0.29, 0.717) is 47.1 Å². The first-order chi connectivity index (χ1) is 32.9. The summed E-state index contributed by atoms with van der Waals surface area (Å²) in [6.07, 6.45) is 12.9. The molecule has 0 aliphatic carbocycles. The molecule has 4 amide bonds. The Morgan fingerprint density at radius 1 is 0.671 bits per heavy atom. The predicted octanol–water partition coefficient (Wildman–Crippen LogP) is 4.61. The molecule has 0 radical (unpaired) electrons. The lowest BCUT2D eigenvalue weighted by atomic mass is 10.0. The van der Waals surface area contributed by atoms with E-state index < -0.39 is 28.9 Å². The van der Waals surface area contributed by atoms with Crippen LogP contribution in [0, 0.1) is 24.2 Å². The van der Waals surface area contributed by atoms with E-state index in [1.54, 1.807) is 63.4 Å². The van der Waals surface area contributed by atoms with Crippen LogP contribution in [-0.4, -0.2) is 121 Å². The number of hydrogen-bond acceptors (Lipinski definition) is 10. The Hall–Kier alpha value is -8.36. The van der Waals surface area contributed by atoms with Crippen molar-refractivity contribution in [3.63, 3.8) is 0 Å². The van der Waals surface area contributed by atoms with E-state index >= 15 is 0 Å². The van der Waals surface area contributed by atoms with Gasteiger partial charge in [-0.2, -0.15) is 20.4 Å². The monoisotopic (exact) mass is 1000 g/mol. The molecule has 19 heteroatoms. The summed E-state index contributed by atoms with van der Waals surface area (Å²) in [5, 5.41) is 38.5. The molecule has 2 aliphatic rings. The van der Waals surface area contributed by atoms with Crippen molar-refractivity contribution in [2.45, 2.75) is 31.5 Å². The van der Waals surface area contributed by atoms with Gasteiger partial charge in [-0.1, -0.05) is 65.4 Å². The zero-order valence-electron chi connectivity index (χ0n) is 37.8. The summed E-state index contributed by atoms with van der Waals surface area (Å²) < 4.78 is 7.74. The Morgan fingerprint density at radius 3 is 1.54 bits per heavy atom. The number of terminal acetylenes is 1. The Kier molecular flexibility index (Phi) is 13.9. The number of aryl methyl sites for hydroxylation is 2. The molecule has 0 saturated carbocycles. The normalized spacial score (nSPS) is 17.2.